The monoisotopic (exact) mass is 424 g/mol. The van der Waals surface area contributed by atoms with Gasteiger partial charge in [-0.25, -0.2) is 9.07 Å². The molecule has 0 unspecified atom stereocenters. The largest absolute Gasteiger partial charge is 0.492 e. The lowest BCUT2D eigenvalue weighted by molar-refractivity contribution is 0.0322. The fourth-order valence-corrected chi connectivity index (χ4v) is 3.39. The molecule has 4 rings (SSSR count). The molecule has 1 fully saturated rings. The highest BCUT2D eigenvalue weighted by Gasteiger charge is 2.13. The molecule has 1 amide bonds. The number of rotatable bonds is 8. The Balaban J connectivity index is 1.33. The summed E-state index contributed by atoms with van der Waals surface area (Å²) in [5.41, 5.74) is 1.54. The summed E-state index contributed by atoms with van der Waals surface area (Å²) >= 11 is 0. The summed E-state index contributed by atoms with van der Waals surface area (Å²) in [6.07, 6.45) is 2.94. The lowest BCUT2D eigenvalue weighted by Crippen LogP contribution is -2.38. The average Bonchev–Trinajstić information content (AvgIpc) is 3.29. The summed E-state index contributed by atoms with van der Waals surface area (Å²) in [6, 6.07) is 13.9. The quantitative estimate of drug-likeness (QED) is 0.602. The number of hydrogen-bond acceptors (Lipinski definition) is 5. The third kappa shape index (κ3) is 5.48. The Hall–Kier alpha value is -3.23. The molecule has 2 aromatic carbocycles. The smallest absolute Gasteiger partial charge is 0.254 e. The molecule has 7 nitrogen and oxygen atoms in total. The van der Waals surface area contributed by atoms with Crippen LogP contribution in [-0.4, -0.2) is 60.0 Å². The molecule has 0 saturated carbocycles. The van der Waals surface area contributed by atoms with Gasteiger partial charge in [-0.05, 0) is 18.2 Å². The van der Waals surface area contributed by atoms with Crippen LogP contribution in [0.2, 0.25) is 0 Å². The van der Waals surface area contributed by atoms with Crippen molar-refractivity contribution in [3.05, 3.63) is 77.9 Å². The Bertz CT molecular complexity index is 1020. The summed E-state index contributed by atoms with van der Waals surface area (Å²) in [5, 5.41) is 6.99. The first-order chi connectivity index (χ1) is 15.2. The predicted octanol–water partition coefficient (Wildman–Crippen LogP) is 2.65. The van der Waals surface area contributed by atoms with E-state index in [-0.39, 0.29) is 5.91 Å². The van der Waals surface area contributed by atoms with Crippen LogP contribution in [0.3, 0.4) is 0 Å². The molecular formula is C23H25FN4O3. The van der Waals surface area contributed by atoms with Crippen LogP contribution in [0.25, 0.3) is 5.69 Å². The van der Waals surface area contributed by atoms with Crippen LogP contribution in [0, 0.1) is 5.82 Å². The summed E-state index contributed by atoms with van der Waals surface area (Å²) in [7, 11) is 0. The van der Waals surface area contributed by atoms with Crippen LogP contribution in [-0.2, 0) is 11.3 Å². The Morgan fingerprint density at radius 2 is 1.90 bits per heavy atom. The molecule has 8 heteroatoms. The van der Waals surface area contributed by atoms with E-state index in [2.05, 4.69) is 15.3 Å². The number of ether oxygens (including phenoxy) is 2. The fourth-order valence-electron chi connectivity index (χ4n) is 3.39. The minimum Gasteiger partial charge on any atom is -0.492 e. The van der Waals surface area contributed by atoms with Crippen LogP contribution in [0.1, 0.15) is 15.9 Å². The SMILES string of the molecule is O=C(NCc1ccccc1OCCN1CCOCC1)c1cnn(-c2ccccc2F)c1. The van der Waals surface area contributed by atoms with Crippen molar-refractivity contribution in [2.24, 2.45) is 0 Å². The van der Waals surface area contributed by atoms with Gasteiger partial charge in [-0.1, -0.05) is 30.3 Å². The van der Waals surface area contributed by atoms with Gasteiger partial charge in [-0.3, -0.25) is 9.69 Å². The number of benzene rings is 2. The normalized spacial score (nSPS) is 14.4. The summed E-state index contributed by atoms with van der Waals surface area (Å²) < 4.78 is 26.6. The Kier molecular flexibility index (Phi) is 6.91. The highest BCUT2D eigenvalue weighted by molar-refractivity contribution is 5.93. The predicted molar refractivity (Wildman–Crippen MR) is 114 cm³/mol. The van der Waals surface area contributed by atoms with Gasteiger partial charge in [0, 0.05) is 37.9 Å². The fraction of sp³-hybridized carbons (Fsp3) is 0.304. The number of hydrogen-bond donors (Lipinski definition) is 1. The van der Waals surface area contributed by atoms with Crippen molar-refractivity contribution in [3.8, 4) is 11.4 Å². The topological polar surface area (TPSA) is 68.6 Å². The minimum atomic E-state index is -0.402. The van der Waals surface area contributed by atoms with Crippen molar-refractivity contribution in [1.29, 1.82) is 0 Å². The van der Waals surface area contributed by atoms with Gasteiger partial charge < -0.3 is 14.8 Å². The van der Waals surface area contributed by atoms with E-state index in [1.165, 1.54) is 23.1 Å². The standard InChI is InChI=1S/C23H25FN4O3/c24-20-6-2-3-7-21(20)28-17-19(16-26-28)23(29)25-15-18-5-1-4-8-22(18)31-14-11-27-9-12-30-13-10-27/h1-8,16-17H,9-15H2,(H,25,29). The van der Waals surface area contributed by atoms with Crippen LogP contribution >= 0.6 is 0 Å². The molecule has 0 aliphatic carbocycles. The number of nitrogens with zero attached hydrogens (tertiary/aromatic N) is 3. The molecule has 0 atom stereocenters. The molecule has 1 aromatic heterocycles. The first-order valence-corrected chi connectivity index (χ1v) is 10.3. The zero-order chi connectivity index (χ0) is 21.5. The highest BCUT2D eigenvalue weighted by atomic mass is 19.1. The average molecular weight is 424 g/mol. The zero-order valence-electron chi connectivity index (χ0n) is 17.2. The number of halogens is 1. The molecule has 0 spiro atoms. The molecule has 1 N–H and O–H groups in total. The highest BCUT2D eigenvalue weighted by Crippen LogP contribution is 2.18. The first-order valence-electron chi connectivity index (χ1n) is 10.3. The molecule has 1 aliphatic rings. The molecule has 1 aliphatic heterocycles. The Morgan fingerprint density at radius 3 is 2.74 bits per heavy atom. The van der Waals surface area contributed by atoms with E-state index >= 15 is 0 Å². The van der Waals surface area contributed by atoms with E-state index < -0.39 is 5.82 Å². The second kappa shape index (κ2) is 10.2. The molecular weight excluding hydrogens is 399 g/mol. The number of amides is 1. The second-order valence-corrected chi connectivity index (χ2v) is 7.22. The van der Waals surface area contributed by atoms with Gasteiger partial charge >= 0.3 is 0 Å². The number of aromatic nitrogens is 2. The number of nitrogens with one attached hydrogen (secondary N) is 1. The van der Waals surface area contributed by atoms with Crippen molar-refractivity contribution in [2.75, 3.05) is 39.5 Å². The molecule has 31 heavy (non-hydrogen) atoms. The van der Waals surface area contributed by atoms with Gasteiger partial charge in [0.25, 0.3) is 5.91 Å². The molecule has 0 radical (unpaired) electrons. The van der Waals surface area contributed by atoms with Crippen LogP contribution < -0.4 is 10.1 Å². The third-order valence-electron chi connectivity index (χ3n) is 5.12. The summed E-state index contributed by atoms with van der Waals surface area (Å²) in [6.45, 7) is 5.08. The van der Waals surface area contributed by atoms with Crippen LogP contribution in [0.4, 0.5) is 4.39 Å². The van der Waals surface area contributed by atoms with Gasteiger partial charge in [-0.2, -0.15) is 5.10 Å². The van der Waals surface area contributed by atoms with E-state index in [1.807, 2.05) is 24.3 Å². The van der Waals surface area contributed by atoms with Gasteiger partial charge in [0.15, 0.2) is 0 Å². The van der Waals surface area contributed by atoms with Crippen LogP contribution in [0.15, 0.2) is 60.9 Å². The maximum absolute atomic E-state index is 13.9. The van der Waals surface area contributed by atoms with E-state index in [1.54, 1.807) is 18.2 Å². The lowest BCUT2D eigenvalue weighted by atomic mass is 10.2. The van der Waals surface area contributed by atoms with Crippen LogP contribution in [0.5, 0.6) is 5.75 Å². The van der Waals surface area contributed by atoms with E-state index in [4.69, 9.17) is 9.47 Å². The van der Waals surface area contributed by atoms with Crippen molar-refractivity contribution in [2.45, 2.75) is 6.54 Å². The van der Waals surface area contributed by atoms with Crippen molar-refractivity contribution < 1.29 is 18.7 Å². The molecule has 0 bridgehead atoms. The summed E-state index contributed by atoms with van der Waals surface area (Å²) in [5.74, 6) is 0.0598. The number of carbonyl (C=O) groups excluding carboxylic acids is 1. The van der Waals surface area contributed by atoms with Crippen molar-refractivity contribution in [3.63, 3.8) is 0 Å². The molecule has 3 aromatic rings. The maximum atomic E-state index is 13.9. The Morgan fingerprint density at radius 1 is 1.13 bits per heavy atom. The van der Waals surface area contributed by atoms with Gasteiger partial charge in [0.05, 0.1) is 25.0 Å². The molecule has 2 heterocycles. The molecule has 1 saturated heterocycles. The lowest BCUT2D eigenvalue weighted by Gasteiger charge is -2.26. The molecule has 162 valence electrons. The maximum Gasteiger partial charge on any atom is 0.254 e. The second-order valence-electron chi connectivity index (χ2n) is 7.22. The third-order valence-corrected chi connectivity index (χ3v) is 5.12. The van der Waals surface area contributed by atoms with Gasteiger partial charge in [0.2, 0.25) is 0 Å². The Labute approximate surface area is 180 Å². The van der Waals surface area contributed by atoms with Gasteiger partial charge in [0.1, 0.15) is 23.9 Å². The van der Waals surface area contributed by atoms with E-state index in [0.717, 1.165) is 44.2 Å². The van der Waals surface area contributed by atoms with Crippen molar-refractivity contribution in [1.82, 2.24) is 20.0 Å². The number of para-hydroxylation sites is 2. The van der Waals surface area contributed by atoms with Crippen molar-refractivity contribution >= 4 is 5.91 Å². The summed E-state index contributed by atoms with van der Waals surface area (Å²) in [4.78, 5) is 14.9. The van der Waals surface area contributed by atoms with E-state index in [9.17, 15) is 9.18 Å². The zero-order valence-corrected chi connectivity index (χ0v) is 17.2. The van der Waals surface area contributed by atoms with Gasteiger partial charge in [-0.15, -0.1) is 0 Å². The van der Waals surface area contributed by atoms with E-state index in [0.29, 0.717) is 24.4 Å². The first kappa shape index (κ1) is 21.0. The number of morpholine rings is 1. The minimum absolute atomic E-state index is 0.286. The number of carbonyl (C=O) groups is 1.